The summed E-state index contributed by atoms with van der Waals surface area (Å²) in [7, 11) is 0. The molecule has 1 saturated heterocycles. The summed E-state index contributed by atoms with van der Waals surface area (Å²) in [6.07, 6.45) is 1.46. The van der Waals surface area contributed by atoms with Crippen LogP contribution in [0.1, 0.15) is 6.42 Å². The van der Waals surface area contributed by atoms with E-state index in [-0.39, 0.29) is 6.42 Å². The third kappa shape index (κ3) is 1.01. The molecule has 2 aliphatic rings. The number of carbonyl (C=O) groups excluding carboxylic acids is 4. The molecule has 1 saturated carbocycles. The number of esters is 2. The number of fused-ring (bicyclic) bond motifs is 1. The highest BCUT2D eigenvalue weighted by molar-refractivity contribution is 5.99. The summed E-state index contributed by atoms with van der Waals surface area (Å²) in [4.78, 5) is 43.6. The zero-order valence-corrected chi connectivity index (χ0v) is 7.21. The monoisotopic (exact) mass is 196 g/mol. The molecule has 0 spiro atoms. The van der Waals surface area contributed by atoms with Crippen molar-refractivity contribution in [1.29, 1.82) is 0 Å². The van der Waals surface area contributed by atoms with Gasteiger partial charge in [-0.2, -0.15) is 0 Å². The van der Waals surface area contributed by atoms with E-state index in [1.807, 2.05) is 0 Å². The summed E-state index contributed by atoms with van der Waals surface area (Å²) < 4.78 is 4.40. The molecule has 5 heteroatoms. The summed E-state index contributed by atoms with van der Waals surface area (Å²) in [5, 5.41) is 0. The van der Waals surface area contributed by atoms with E-state index >= 15 is 0 Å². The van der Waals surface area contributed by atoms with Crippen molar-refractivity contribution >= 4 is 24.5 Å². The lowest BCUT2D eigenvalue weighted by atomic mass is 9.90. The Labute approximate surface area is 79.4 Å². The normalized spacial score (nSPS) is 40.6. The molecule has 1 aliphatic carbocycles. The molecule has 0 amide bonds. The van der Waals surface area contributed by atoms with Gasteiger partial charge in [-0.05, 0) is 6.42 Å². The van der Waals surface area contributed by atoms with E-state index in [0.29, 0.717) is 12.6 Å². The zero-order valence-electron chi connectivity index (χ0n) is 7.21. The van der Waals surface area contributed by atoms with Gasteiger partial charge in [-0.25, -0.2) is 0 Å². The molecule has 4 atom stereocenters. The molecule has 74 valence electrons. The average Bonchev–Trinajstić information content (AvgIpc) is 2.66. The molecule has 14 heavy (non-hydrogen) atoms. The maximum atomic E-state index is 11.2. The number of ether oxygens (including phenoxy) is 1. The standard InChI is InChI=1S/C9H8O5/c10-2-4-1-5-7(6(4)3-11)9(13)14-8(5)12/h2-7H,1H2. The fourth-order valence-electron chi connectivity index (χ4n) is 2.27. The first-order valence-electron chi connectivity index (χ1n) is 4.35. The lowest BCUT2D eigenvalue weighted by molar-refractivity contribution is -0.155. The molecule has 0 radical (unpaired) electrons. The van der Waals surface area contributed by atoms with Crippen molar-refractivity contribution in [3.8, 4) is 0 Å². The quantitative estimate of drug-likeness (QED) is 0.332. The van der Waals surface area contributed by atoms with Gasteiger partial charge in [0.25, 0.3) is 0 Å². The first-order valence-corrected chi connectivity index (χ1v) is 4.35. The maximum Gasteiger partial charge on any atom is 0.318 e. The third-order valence-electron chi connectivity index (χ3n) is 2.98. The van der Waals surface area contributed by atoms with Crippen molar-refractivity contribution < 1.29 is 23.9 Å². The van der Waals surface area contributed by atoms with Crippen molar-refractivity contribution in [3.63, 3.8) is 0 Å². The van der Waals surface area contributed by atoms with Gasteiger partial charge in [0.05, 0.1) is 11.8 Å². The third-order valence-corrected chi connectivity index (χ3v) is 2.98. The molecule has 2 rings (SSSR count). The van der Waals surface area contributed by atoms with Crippen LogP contribution in [0.3, 0.4) is 0 Å². The van der Waals surface area contributed by atoms with E-state index in [9.17, 15) is 19.2 Å². The van der Waals surface area contributed by atoms with Gasteiger partial charge in [0.1, 0.15) is 12.6 Å². The van der Waals surface area contributed by atoms with Crippen LogP contribution in [0.5, 0.6) is 0 Å². The number of carbonyl (C=O) groups is 4. The minimum atomic E-state index is -0.727. The van der Waals surface area contributed by atoms with Crippen LogP contribution in [0, 0.1) is 23.7 Å². The second-order valence-corrected chi connectivity index (χ2v) is 3.62. The van der Waals surface area contributed by atoms with E-state index < -0.39 is 35.6 Å². The first kappa shape index (κ1) is 9.05. The number of hydrogen-bond donors (Lipinski definition) is 0. The minimum Gasteiger partial charge on any atom is -0.393 e. The maximum absolute atomic E-state index is 11.2. The first-order chi connectivity index (χ1) is 6.69. The van der Waals surface area contributed by atoms with Crippen LogP contribution in [0.4, 0.5) is 0 Å². The summed E-state index contributed by atoms with van der Waals surface area (Å²) in [5.74, 6) is -3.78. The van der Waals surface area contributed by atoms with E-state index in [0.717, 1.165) is 0 Å². The molecule has 5 nitrogen and oxygen atoms in total. The molecule has 4 unspecified atom stereocenters. The Kier molecular flexibility index (Phi) is 1.94. The Bertz CT molecular complexity index is 321. The average molecular weight is 196 g/mol. The second kappa shape index (κ2) is 3.01. The molecule has 0 aromatic heterocycles. The smallest absolute Gasteiger partial charge is 0.318 e. The van der Waals surface area contributed by atoms with Gasteiger partial charge in [0, 0.05) is 11.8 Å². The van der Waals surface area contributed by atoms with Crippen molar-refractivity contribution in [2.75, 3.05) is 0 Å². The molecule has 2 fully saturated rings. The Hall–Kier alpha value is -1.52. The Morgan fingerprint density at radius 2 is 1.86 bits per heavy atom. The minimum absolute atomic E-state index is 0.252. The van der Waals surface area contributed by atoms with Crippen LogP contribution in [-0.4, -0.2) is 24.5 Å². The number of cyclic esters (lactones) is 2. The zero-order chi connectivity index (χ0) is 10.3. The fourth-order valence-corrected chi connectivity index (χ4v) is 2.27. The molecular weight excluding hydrogens is 188 g/mol. The molecule has 1 aliphatic heterocycles. The van der Waals surface area contributed by atoms with Crippen LogP contribution >= 0.6 is 0 Å². The fraction of sp³-hybridized carbons (Fsp3) is 0.556. The summed E-state index contributed by atoms with van der Waals surface area (Å²) >= 11 is 0. The van der Waals surface area contributed by atoms with Gasteiger partial charge in [-0.3, -0.25) is 9.59 Å². The lowest BCUT2D eigenvalue weighted by Crippen LogP contribution is -2.23. The number of hydrogen-bond acceptors (Lipinski definition) is 5. The van der Waals surface area contributed by atoms with Gasteiger partial charge in [-0.1, -0.05) is 0 Å². The van der Waals surface area contributed by atoms with E-state index in [1.165, 1.54) is 0 Å². The highest BCUT2D eigenvalue weighted by Crippen LogP contribution is 2.44. The highest BCUT2D eigenvalue weighted by atomic mass is 16.6. The van der Waals surface area contributed by atoms with Crippen molar-refractivity contribution in [2.45, 2.75) is 6.42 Å². The molecule has 0 bridgehead atoms. The molecular formula is C9H8O5. The van der Waals surface area contributed by atoms with Gasteiger partial charge < -0.3 is 14.3 Å². The largest absolute Gasteiger partial charge is 0.393 e. The topological polar surface area (TPSA) is 77.5 Å². The second-order valence-electron chi connectivity index (χ2n) is 3.62. The summed E-state index contributed by atoms with van der Waals surface area (Å²) in [5.41, 5.74) is 0. The van der Waals surface area contributed by atoms with Gasteiger partial charge in [0.15, 0.2) is 0 Å². The van der Waals surface area contributed by atoms with E-state index in [4.69, 9.17) is 0 Å². The SMILES string of the molecule is O=CC1CC2C(=O)OC(=O)C2C1C=O. The van der Waals surface area contributed by atoms with Crippen LogP contribution in [0.2, 0.25) is 0 Å². The predicted octanol–water partition coefficient (Wildman–Crippen LogP) is -0.664. The highest BCUT2D eigenvalue weighted by Gasteiger charge is 2.56. The van der Waals surface area contributed by atoms with E-state index in [2.05, 4.69) is 4.74 Å². The van der Waals surface area contributed by atoms with Crippen molar-refractivity contribution in [1.82, 2.24) is 0 Å². The summed E-state index contributed by atoms with van der Waals surface area (Å²) in [6.45, 7) is 0. The predicted molar refractivity (Wildman–Crippen MR) is 41.8 cm³/mol. The van der Waals surface area contributed by atoms with Crippen LogP contribution in [0.15, 0.2) is 0 Å². The van der Waals surface area contributed by atoms with Crippen molar-refractivity contribution in [3.05, 3.63) is 0 Å². The van der Waals surface area contributed by atoms with Crippen LogP contribution in [0.25, 0.3) is 0 Å². The van der Waals surface area contributed by atoms with Crippen LogP contribution < -0.4 is 0 Å². The number of rotatable bonds is 2. The molecule has 0 aromatic rings. The Balaban J connectivity index is 2.32. The van der Waals surface area contributed by atoms with Gasteiger partial charge >= 0.3 is 11.9 Å². The molecule has 0 N–H and O–H groups in total. The Morgan fingerprint density at radius 3 is 2.43 bits per heavy atom. The van der Waals surface area contributed by atoms with Gasteiger partial charge in [-0.15, -0.1) is 0 Å². The van der Waals surface area contributed by atoms with Gasteiger partial charge in [0.2, 0.25) is 0 Å². The summed E-state index contributed by atoms with van der Waals surface area (Å²) in [6, 6.07) is 0. The van der Waals surface area contributed by atoms with Crippen LogP contribution in [-0.2, 0) is 23.9 Å². The van der Waals surface area contributed by atoms with E-state index in [1.54, 1.807) is 0 Å². The lowest BCUT2D eigenvalue weighted by Gasteiger charge is -2.09. The molecule has 0 aromatic carbocycles. The Morgan fingerprint density at radius 1 is 1.14 bits per heavy atom. The number of aldehydes is 2. The van der Waals surface area contributed by atoms with Crippen molar-refractivity contribution in [2.24, 2.45) is 23.7 Å². The molecule has 1 heterocycles.